The molecule has 3 fully saturated rings. The normalized spacial score (nSPS) is 32.7. The zero-order valence-electron chi connectivity index (χ0n) is 23.0. The molecule has 39 heavy (non-hydrogen) atoms. The fourth-order valence-corrected chi connectivity index (χ4v) is 7.79. The molecule has 0 heterocycles. The molecule has 10 nitrogen and oxygen atoms in total. The minimum atomic E-state index is -2.65. The summed E-state index contributed by atoms with van der Waals surface area (Å²) < 4.78 is 0. The van der Waals surface area contributed by atoms with Crippen molar-refractivity contribution >= 4 is 28.9 Å². The number of nitrogens with two attached hydrogens (primary N) is 1. The Morgan fingerprint density at radius 2 is 1.77 bits per heavy atom. The summed E-state index contributed by atoms with van der Waals surface area (Å²) in [5, 5.41) is 45.8. The molecule has 0 spiro atoms. The summed E-state index contributed by atoms with van der Waals surface area (Å²) in [7, 11) is 7.05. The number of benzene rings is 1. The molecule has 0 saturated heterocycles. The van der Waals surface area contributed by atoms with Gasteiger partial charge in [-0.25, -0.2) is 0 Å². The zero-order valence-corrected chi connectivity index (χ0v) is 23.0. The fourth-order valence-electron chi connectivity index (χ4n) is 7.79. The molecule has 1 amide bonds. The first-order valence-electron chi connectivity index (χ1n) is 13.7. The van der Waals surface area contributed by atoms with Crippen LogP contribution in [0.15, 0.2) is 11.6 Å². The lowest BCUT2D eigenvalue weighted by atomic mass is 9.54. The number of phenolic OH excluding ortho intramolecular Hbond substituents is 1. The van der Waals surface area contributed by atoms with Crippen molar-refractivity contribution in [3.63, 3.8) is 0 Å². The molecule has 0 aliphatic heterocycles. The first kappa shape index (κ1) is 27.6. The number of hydrogen-bond acceptors (Lipinski definition) is 9. The lowest BCUT2D eigenvalue weighted by Crippen LogP contribution is -2.73. The van der Waals surface area contributed by atoms with Crippen molar-refractivity contribution in [2.75, 3.05) is 33.1 Å². The number of likely N-dealkylation sites (N-methyl/N-ethyl adjacent to an activating group) is 1. The Labute approximate surface area is 228 Å². The summed E-state index contributed by atoms with van der Waals surface area (Å²) in [4.78, 5) is 43.3. The smallest absolute Gasteiger partial charge is 0.230 e. The number of aliphatic hydroxyl groups is 3. The number of carbonyl (C=O) groups is 3. The van der Waals surface area contributed by atoms with Crippen LogP contribution in [0.3, 0.4) is 0 Å². The summed E-state index contributed by atoms with van der Waals surface area (Å²) >= 11 is 0. The van der Waals surface area contributed by atoms with Crippen molar-refractivity contribution in [3.05, 3.63) is 28.3 Å². The van der Waals surface area contributed by atoms with Gasteiger partial charge in [-0.15, -0.1) is 0 Å². The van der Waals surface area contributed by atoms with E-state index in [4.69, 9.17) is 5.73 Å². The first-order chi connectivity index (χ1) is 18.3. The number of carbonyl (C=O) groups excluding carboxylic acids is 3. The number of fused-ring (bicyclic) bond motifs is 3. The van der Waals surface area contributed by atoms with Gasteiger partial charge in [0.05, 0.1) is 11.7 Å². The second kappa shape index (κ2) is 9.60. The lowest BCUT2D eigenvalue weighted by molar-refractivity contribution is -0.184. The van der Waals surface area contributed by atoms with E-state index in [0.717, 1.165) is 31.4 Å². The number of aliphatic hydroxyl groups excluding tert-OH is 2. The van der Waals surface area contributed by atoms with Crippen LogP contribution in [0, 0.1) is 23.7 Å². The minimum Gasteiger partial charge on any atom is -0.507 e. The van der Waals surface area contributed by atoms with E-state index in [1.807, 2.05) is 25.1 Å². The SMILES string of the molecule is CN(C)c1cc(CC2CCCC2)c(O)c2c1C[C@@H]1C[C@@H]3[C@@H](N(C)C)C(O)C(C(N)=O)C(=O)[C@]3(O)C(=O)C1=C2O. The Morgan fingerprint density at radius 3 is 2.33 bits per heavy atom. The van der Waals surface area contributed by atoms with Crippen molar-refractivity contribution in [2.24, 2.45) is 29.4 Å². The van der Waals surface area contributed by atoms with E-state index in [1.54, 1.807) is 19.0 Å². The van der Waals surface area contributed by atoms with Gasteiger partial charge in [-0.3, -0.25) is 14.4 Å². The van der Waals surface area contributed by atoms with Gasteiger partial charge in [0.25, 0.3) is 0 Å². The average molecular weight is 542 g/mol. The molecule has 0 bridgehead atoms. The molecule has 1 aromatic carbocycles. The number of hydrogen-bond donors (Lipinski definition) is 5. The van der Waals surface area contributed by atoms with Gasteiger partial charge >= 0.3 is 0 Å². The predicted octanol–water partition coefficient (Wildman–Crippen LogP) is 0.928. The third-order valence-corrected chi connectivity index (χ3v) is 9.61. The number of anilines is 1. The van der Waals surface area contributed by atoms with Crippen LogP contribution in [0.2, 0.25) is 0 Å². The van der Waals surface area contributed by atoms with Crippen LogP contribution in [0.4, 0.5) is 5.69 Å². The number of Topliss-reactive ketones (excluding diaryl/α,β-unsaturated/α-hetero) is 2. The lowest BCUT2D eigenvalue weighted by Gasteiger charge is -2.53. The fraction of sp³-hybridized carbons (Fsp3) is 0.621. The monoisotopic (exact) mass is 541 g/mol. The molecular formula is C29H39N3O7. The average Bonchev–Trinajstić information content (AvgIpc) is 3.35. The number of aromatic hydroxyl groups is 1. The maximum Gasteiger partial charge on any atom is 0.230 e. The Hall–Kier alpha value is -2.95. The van der Waals surface area contributed by atoms with Crippen LogP contribution in [-0.2, 0) is 27.2 Å². The van der Waals surface area contributed by atoms with Crippen molar-refractivity contribution in [1.29, 1.82) is 0 Å². The van der Waals surface area contributed by atoms with Gasteiger partial charge in [0, 0.05) is 37.3 Å². The predicted molar refractivity (Wildman–Crippen MR) is 144 cm³/mol. The maximum atomic E-state index is 14.1. The summed E-state index contributed by atoms with van der Waals surface area (Å²) in [6, 6.07) is 1.05. The second-order valence-electron chi connectivity index (χ2n) is 12.3. The quantitative estimate of drug-likeness (QED) is 0.341. The number of ketones is 2. The Morgan fingerprint density at radius 1 is 1.13 bits per heavy atom. The maximum absolute atomic E-state index is 14.1. The van der Waals surface area contributed by atoms with E-state index in [2.05, 4.69) is 0 Å². The summed E-state index contributed by atoms with van der Waals surface area (Å²) in [6.07, 6.45) is 3.97. The number of rotatable bonds is 5. The van der Waals surface area contributed by atoms with Gasteiger partial charge in [0.2, 0.25) is 11.7 Å². The number of amides is 1. The summed E-state index contributed by atoms with van der Waals surface area (Å²) in [6.45, 7) is 0. The van der Waals surface area contributed by atoms with E-state index < -0.39 is 58.7 Å². The van der Waals surface area contributed by atoms with Gasteiger partial charge in [0.1, 0.15) is 17.4 Å². The van der Waals surface area contributed by atoms with Gasteiger partial charge < -0.3 is 36.0 Å². The minimum absolute atomic E-state index is 0.0839. The molecule has 6 N–H and O–H groups in total. The molecule has 3 saturated carbocycles. The molecule has 1 aromatic rings. The summed E-state index contributed by atoms with van der Waals surface area (Å²) in [5.41, 5.74) is 5.05. The third kappa shape index (κ3) is 3.98. The van der Waals surface area contributed by atoms with Crippen molar-refractivity contribution in [2.45, 2.75) is 62.7 Å². The molecule has 212 valence electrons. The number of primary amides is 1. The standard InChI is InChI=1S/C29H39N3O7/c1-31(2)18-12-15(9-13-7-5-6-8-13)23(33)20-16(18)10-14-11-17-22(32(3)4)25(35)21(28(30)38)27(37)29(17,39)26(36)19(14)24(20)34/h12-14,17,21-22,25,33-35,39H,5-11H2,1-4H3,(H2,30,38)/t14-,17-,21?,22-,25?,29-/m1/s1. The van der Waals surface area contributed by atoms with Gasteiger partial charge in [-0.2, -0.15) is 0 Å². The highest BCUT2D eigenvalue weighted by Gasteiger charge is 2.67. The highest BCUT2D eigenvalue weighted by Crippen LogP contribution is 2.54. The molecule has 2 unspecified atom stereocenters. The molecule has 5 rings (SSSR count). The van der Waals surface area contributed by atoms with Crippen LogP contribution < -0.4 is 10.6 Å². The largest absolute Gasteiger partial charge is 0.507 e. The molecule has 6 atom stereocenters. The van der Waals surface area contributed by atoms with Crippen LogP contribution >= 0.6 is 0 Å². The highest BCUT2D eigenvalue weighted by molar-refractivity contribution is 6.25. The van der Waals surface area contributed by atoms with E-state index in [0.29, 0.717) is 29.9 Å². The number of nitrogens with zero attached hydrogens (tertiary/aromatic N) is 2. The van der Waals surface area contributed by atoms with Crippen molar-refractivity contribution in [1.82, 2.24) is 4.90 Å². The van der Waals surface area contributed by atoms with Crippen LogP contribution in [-0.4, -0.2) is 88.7 Å². The Bertz CT molecular complexity index is 1270. The zero-order chi connectivity index (χ0) is 28.5. The van der Waals surface area contributed by atoms with Crippen LogP contribution in [0.1, 0.15) is 48.8 Å². The van der Waals surface area contributed by atoms with Gasteiger partial charge in [-0.1, -0.05) is 25.7 Å². The van der Waals surface area contributed by atoms with E-state index in [9.17, 15) is 34.8 Å². The topological polar surface area (TPSA) is 165 Å². The molecule has 0 aromatic heterocycles. The first-order valence-corrected chi connectivity index (χ1v) is 13.7. The second-order valence-corrected chi connectivity index (χ2v) is 12.3. The Kier molecular flexibility index (Phi) is 6.80. The summed E-state index contributed by atoms with van der Waals surface area (Å²) in [5.74, 6) is -6.74. The van der Waals surface area contributed by atoms with Gasteiger partial charge in [-0.05, 0) is 62.4 Å². The van der Waals surface area contributed by atoms with Crippen LogP contribution in [0.25, 0.3) is 5.76 Å². The molecule has 0 radical (unpaired) electrons. The van der Waals surface area contributed by atoms with Crippen molar-refractivity contribution < 1.29 is 34.8 Å². The van der Waals surface area contributed by atoms with Crippen molar-refractivity contribution in [3.8, 4) is 5.75 Å². The van der Waals surface area contributed by atoms with Gasteiger partial charge in [0.15, 0.2) is 11.4 Å². The molecule has 4 aliphatic rings. The molecule has 4 aliphatic carbocycles. The molecule has 10 heteroatoms. The van der Waals surface area contributed by atoms with Crippen LogP contribution in [0.5, 0.6) is 5.75 Å². The van der Waals surface area contributed by atoms with E-state index >= 15 is 0 Å². The molecular weight excluding hydrogens is 502 g/mol. The van der Waals surface area contributed by atoms with E-state index in [1.165, 1.54) is 0 Å². The van der Waals surface area contributed by atoms with E-state index in [-0.39, 0.29) is 23.3 Å². The third-order valence-electron chi connectivity index (χ3n) is 9.61. The Balaban J connectivity index is 1.67. The number of phenols is 1. The highest BCUT2D eigenvalue weighted by atomic mass is 16.3.